The van der Waals surface area contributed by atoms with Gasteiger partial charge >= 0.3 is 0 Å². The summed E-state index contributed by atoms with van der Waals surface area (Å²) in [5, 5.41) is 0. The molecule has 5 nitrogen and oxygen atoms in total. The van der Waals surface area contributed by atoms with Crippen molar-refractivity contribution in [1.29, 1.82) is 0 Å². The highest BCUT2D eigenvalue weighted by Crippen LogP contribution is 2.28. The molecule has 3 N–H and O–H groups in total. The van der Waals surface area contributed by atoms with Crippen molar-refractivity contribution >= 4 is 47.6 Å². The Balaban J connectivity index is 2.36. The zero-order valence-corrected chi connectivity index (χ0v) is 15.3. The molecule has 21 heavy (non-hydrogen) atoms. The maximum atomic E-state index is 12.4. The van der Waals surface area contributed by atoms with Crippen LogP contribution < -0.4 is 10.5 Å². The van der Waals surface area contributed by atoms with Crippen LogP contribution in [0.2, 0.25) is 0 Å². The molecule has 1 aromatic carbocycles. The summed E-state index contributed by atoms with van der Waals surface area (Å²) in [6, 6.07) is 6.83. The molecule has 1 aromatic heterocycles. The summed E-state index contributed by atoms with van der Waals surface area (Å²) >= 11 is 6.67. The highest BCUT2D eigenvalue weighted by molar-refractivity contribution is 9.11. The lowest BCUT2D eigenvalue weighted by atomic mass is 10.3. The fraction of sp³-hybridized carbons (Fsp3) is 0.231. The largest absolute Gasteiger partial charge is 0.349 e. The van der Waals surface area contributed by atoms with Gasteiger partial charge in [0.2, 0.25) is 0 Å². The molecular formula is C13H15Br2N3O2S. The monoisotopic (exact) mass is 435 g/mol. The average molecular weight is 437 g/mol. The van der Waals surface area contributed by atoms with Gasteiger partial charge in [-0.1, -0.05) is 15.9 Å². The maximum Gasteiger partial charge on any atom is 0.263 e. The van der Waals surface area contributed by atoms with Crippen LogP contribution in [0.25, 0.3) is 0 Å². The van der Waals surface area contributed by atoms with Gasteiger partial charge in [0.1, 0.15) is 4.90 Å². The number of hydrogen-bond donors (Lipinski definition) is 2. The first-order valence-electron chi connectivity index (χ1n) is 6.24. The Kier molecular flexibility index (Phi) is 5.13. The van der Waals surface area contributed by atoms with E-state index < -0.39 is 10.0 Å². The van der Waals surface area contributed by atoms with Gasteiger partial charge < -0.3 is 10.3 Å². The molecule has 8 heteroatoms. The highest BCUT2D eigenvalue weighted by Gasteiger charge is 2.19. The predicted molar refractivity (Wildman–Crippen MR) is 90.6 cm³/mol. The fourth-order valence-electron chi connectivity index (χ4n) is 1.91. The van der Waals surface area contributed by atoms with Crippen molar-refractivity contribution in [2.75, 3.05) is 4.72 Å². The zero-order valence-electron chi connectivity index (χ0n) is 11.3. The Morgan fingerprint density at radius 2 is 2.00 bits per heavy atom. The normalized spacial score (nSPS) is 11.6. The van der Waals surface area contributed by atoms with E-state index in [2.05, 4.69) is 36.6 Å². The first-order chi connectivity index (χ1) is 9.87. The molecule has 0 radical (unpaired) electrons. The van der Waals surface area contributed by atoms with Crippen molar-refractivity contribution < 1.29 is 8.42 Å². The molecule has 0 spiro atoms. The van der Waals surface area contributed by atoms with Crippen LogP contribution >= 0.6 is 31.9 Å². The zero-order chi connectivity index (χ0) is 15.6. The summed E-state index contributed by atoms with van der Waals surface area (Å²) in [5.74, 6) is 0. The van der Waals surface area contributed by atoms with Crippen LogP contribution in [-0.2, 0) is 23.1 Å². The molecule has 0 amide bonds. The van der Waals surface area contributed by atoms with Gasteiger partial charge in [0.05, 0.1) is 5.69 Å². The minimum Gasteiger partial charge on any atom is -0.349 e. The Labute approximate surface area is 140 Å². The van der Waals surface area contributed by atoms with E-state index in [0.29, 0.717) is 23.2 Å². The Morgan fingerprint density at radius 1 is 1.29 bits per heavy atom. The molecule has 0 aliphatic carbocycles. The molecule has 0 saturated carbocycles. The van der Waals surface area contributed by atoms with Crippen LogP contribution in [0.3, 0.4) is 0 Å². The molecule has 0 aliphatic heterocycles. The SMILES string of the molecule is CCn1cc(S(=O)(=O)Nc2ccc(Br)cc2Br)cc1CN. The molecule has 0 saturated heterocycles. The smallest absolute Gasteiger partial charge is 0.263 e. The van der Waals surface area contributed by atoms with Gasteiger partial charge in [-0.25, -0.2) is 8.42 Å². The molecule has 2 aromatic rings. The lowest BCUT2D eigenvalue weighted by Gasteiger charge is -2.08. The van der Waals surface area contributed by atoms with Crippen LogP contribution in [0, 0.1) is 0 Å². The topological polar surface area (TPSA) is 77.1 Å². The van der Waals surface area contributed by atoms with E-state index >= 15 is 0 Å². The summed E-state index contributed by atoms with van der Waals surface area (Å²) < 4.78 is 30.8. The molecule has 0 atom stereocenters. The molecule has 0 unspecified atom stereocenters. The number of halogens is 2. The first-order valence-corrected chi connectivity index (χ1v) is 9.31. The molecule has 0 aliphatic rings. The summed E-state index contributed by atoms with van der Waals surface area (Å²) in [5.41, 5.74) is 6.90. The lowest BCUT2D eigenvalue weighted by Crippen LogP contribution is -2.12. The van der Waals surface area contributed by atoms with Gasteiger partial charge in [-0.2, -0.15) is 0 Å². The van der Waals surface area contributed by atoms with E-state index in [0.717, 1.165) is 10.2 Å². The molecule has 1 heterocycles. The number of nitrogens with zero attached hydrogens (tertiary/aromatic N) is 1. The Bertz CT molecular complexity index is 735. The van der Waals surface area contributed by atoms with Gasteiger partial charge in [0.15, 0.2) is 0 Å². The van der Waals surface area contributed by atoms with Crippen molar-refractivity contribution in [2.24, 2.45) is 5.73 Å². The summed E-state index contributed by atoms with van der Waals surface area (Å²) in [6.45, 7) is 2.91. The van der Waals surface area contributed by atoms with Crippen LogP contribution in [0.5, 0.6) is 0 Å². The van der Waals surface area contributed by atoms with Crippen molar-refractivity contribution in [3.63, 3.8) is 0 Å². The van der Waals surface area contributed by atoms with E-state index in [1.807, 2.05) is 11.5 Å². The van der Waals surface area contributed by atoms with Crippen molar-refractivity contribution in [3.8, 4) is 0 Å². The maximum absolute atomic E-state index is 12.4. The minimum atomic E-state index is -3.64. The summed E-state index contributed by atoms with van der Waals surface area (Å²) in [6.07, 6.45) is 1.59. The molecule has 114 valence electrons. The van der Waals surface area contributed by atoms with Crippen molar-refractivity contribution in [1.82, 2.24) is 4.57 Å². The number of aryl methyl sites for hydroxylation is 1. The van der Waals surface area contributed by atoms with E-state index in [9.17, 15) is 8.42 Å². The summed E-state index contributed by atoms with van der Waals surface area (Å²) in [7, 11) is -3.64. The van der Waals surface area contributed by atoms with Gasteiger partial charge in [0.25, 0.3) is 10.0 Å². The average Bonchev–Trinajstić information content (AvgIpc) is 2.86. The van der Waals surface area contributed by atoms with Crippen LogP contribution in [0.1, 0.15) is 12.6 Å². The van der Waals surface area contributed by atoms with E-state index in [1.165, 1.54) is 0 Å². The number of nitrogens with two attached hydrogens (primary N) is 1. The second-order valence-corrected chi connectivity index (χ2v) is 7.84. The quantitative estimate of drug-likeness (QED) is 0.754. The molecule has 0 bridgehead atoms. The highest BCUT2D eigenvalue weighted by atomic mass is 79.9. The number of sulfonamides is 1. The lowest BCUT2D eigenvalue weighted by molar-refractivity contribution is 0.600. The van der Waals surface area contributed by atoms with Crippen molar-refractivity contribution in [3.05, 3.63) is 45.1 Å². The third kappa shape index (κ3) is 3.68. The summed E-state index contributed by atoms with van der Waals surface area (Å²) in [4.78, 5) is 0.208. The first kappa shape index (κ1) is 16.5. The van der Waals surface area contributed by atoms with Gasteiger partial charge in [-0.05, 0) is 47.1 Å². The fourth-order valence-corrected chi connectivity index (χ4v) is 4.33. The van der Waals surface area contributed by atoms with Gasteiger partial charge in [-0.3, -0.25) is 4.72 Å². The number of hydrogen-bond acceptors (Lipinski definition) is 3. The second kappa shape index (κ2) is 6.51. The van der Waals surface area contributed by atoms with Crippen LogP contribution in [0.15, 0.2) is 44.3 Å². The third-order valence-electron chi connectivity index (χ3n) is 3.00. The Hall–Kier alpha value is -0.830. The van der Waals surface area contributed by atoms with Crippen LogP contribution in [-0.4, -0.2) is 13.0 Å². The number of benzene rings is 1. The van der Waals surface area contributed by atoms with E-state index in [1.54, 1.807) is 30.5 Å². The van der Waals surface area contributed by atoms with Gasteiger partial charge in [0, 0.05) is 33.9 Å². The Morgan fingerprint density at radius 3 is 2.52 bits per heavy atom. The minimum absolute atomic E-state index is 0.208. The van der Waals surface area contributed by atoms with Crippen molar-refractivity contribution in [2.45, 2.75) is 24.9 Å². The molecule has 0 fully saturated rings. The third-order valence-corrected chi connectivity index (χ3v) is 5.48. The number of anilines is 1. The number of rotatable bonds is 5. The second-order valence-electron chi connectivity index (χ2n) is 4.39. The predicted octanol–water partition coefficient (Wildman–Crippen LogP) is 3.29. The van der Waals surface area contributed by atoms with E-state index in [-0.39, 0.29) is 4.90 Å². The number of nitrogens with one attached hydrogen (secondary N) is 1. The standard InChI is InChI=1S/C13H15Br2N3O2S/c1-2-18-8-11(6-10(18)7-16)21(19,20)17-13-4-3-9(14)5-12(13)15/h3-6,8,17H,2,7,16H2,1H3. The van der Waals surface area contributed by atoms with Crippen LogP contribution in [0.4, 0.5) is 5.69 Å². The van der Waals surface area contributed by atoms with E-state index in [4.69, 9.17) is 5.73 Å². The molecular weight excluding hydrogens is 422 g/mol. The van der Waals surface area contributed by atoms with Gasteiger partial charge in [-0.15, -0.1) is 0 Å². The molecule has 2 rings (SSSR count). The number of aromatic nitrogens is 1.